The number of ether oxygens (including phenoxy) is 2. The van der Waals surface area contributed by atoms with Crippen molar-refractivity contribution in [3.63, 3.8) is 0 Å². The zero-order chi connectivity index (χ0) is 19.8. The van der Waals surface area contributed by atoms with Crippen molar-refractivity contribution in [2.45, 2.75) is 76.4 Å². The number of carboxylic acids is 1. The molecule has 2 N–H and O–H groups in total. The van der Waals surface area contributed by atoms with Crippen LogP contribution in [0.1, 0.15) is 71.1 Å². The van der Waals surface area contributed by atoms with Crippen LogP contribution in [0.5, 0.6) is 0 Å². The van der Waals surface area contributed by atoms with Crippen molar-refractivity contribution in [3.8, 4) is 0 Å². The van der Waals surface area contributed by atoms with Gasteiger partial charge >= 0.3 is 11.9 Å². The van der Waals surface area contributed by atoms with Crippen molar-refractivity contribution in [1.82, 2.24) is 0 Å². The van der Waals surface area contributed by atoms with Crippen LogP contribution in [0.3, 0.4) is 0 Å². The number of hydrogen-bond donors (Lipinski definition) is 2. The minimum atomic E-state index is -4.82. The van der Waals surface area contributed by atoms with Crippen LogP contribution in [-0.2, 0) is 29.2 Å². The molecule has 0 radical (unpaired) electrons. The molecular weight excluding hydrogens is 364 g/mol. The van der Waals surface area contributed by atoms with Crippen molar-refractivity contribution in [3.05, 3.63) is 0 Å². The SMILES string of the molecule is CCCCCCCCCCCOCCOC(=O)C(CC(=O)O)S(=O)(=O)O. The Kier molecular flexibility index (Phi) is 14.2. The summed E-state index contributed by atoms with van der Waals surface area (Å²) in [4.78, 5) is 22.1. The predicted molar refractivity (Wildman–Crippen MR) is 96.6 cm³/mol. The number of carbonyl (C=O) groups is 2. The number of unbranched alkanes of at least 4 members (excludes halogenated alkanes) is 8. The molecule has 0 saturated heterocycles. The third-order valence-corrected chi connectivity index (χ3v) is 4.92. The van der Waals surface area contributed by atoms with Crippen LogP contribution in [0.4, 0.5) is 0 Å². The highest BCUT2D eigenvalue weighted by Crippen LogP contribution is 2.10. The molecule has 0 aliphatic heterocycles. The molecule has 0 rings (SSSR count). The molecule has 0 aromatic carbocycles. The van der Waals surface area contributed by atoms with Gasteiger partial charge in [0.05, 0.1) is 13.0 Å². The molecule has 1 unspecified atom stereocenters. The fraction of sp³-hybridized carbons (Fsp3) is 0.882. The van der Waals surface area contributed by atoms with E-state index in [4.69, 9.17) is 14.4 Å². The van der Waals surface area contributed by atoms with Gasteiger partial charge in [0.25, 0.3) is 10.1 Å². The third kappa shape index (κ3) is 14.0. The molecule has 0 bridgehead atoms. The fourth-order valence-corrected chi connectivity index (χ4v) is 3.04. The smallest absolute Gasteiger partial charge is 0.327 e. The molecule has 9 heteroatoms. The van der Waals surface area contributed by atoms with E-state index in [0.29, 0.717) is 6.61 Å². The average Bonchev–Trinajstić information content (AvgIpc) is 2.55. The van der Waals surface area contributed by atoms with Crippen LogP contribution in [0, 0.1) is 0 Å². The zero-order valence-electron chi connectivity index (χ0n) is 15.5. The Bertz CT molecular complexity index is 489. The molecule has 0 saturated carbocycles. The first-order chi connectivity index (χ1) is 12.3. The van der Waals surface area contributed by atoms with E-state index in [2.05, 4.69) is 11.7 Å². The second-order valence-corrected chi connectivity index (χ2v) is 7.81. The van der Waals surface area contributed by atoms with E-state index in [-0.39, 0.29) is 13.2 Å². The van der Waals surface area contributed by atoms with Gasteiger partial charge in [-0.2, -0.15) is 8.42 Å². The Morgan fingerprint density at radius 2 is 1.42 bits per heavy atom. The molecule has 0 aliphatic carbocycles. The van der Waals surface area contributed by atoms with Crippen LogP contribution in [0.15, 0.2) is 0 Å². The summed E-state index contributed by atoms with van der Waals surface area (Å²) in [5.74, 6) is -2.81. The summed E-state index contributed by atoms with van der Waals surface area (Å²) >= 11 is 0. The molecule has 0 aromatic rings. The first kappa shape index (κ1) is 24.8. The highest BCUT2D eigenvalue weighted by molar-refractivity contribution is 7.87. The Morgan fingerprint density at radius 3 is 1.92 bits per heavy atom. The quantitative estimate of drug-likeness (QED) is 0.218. The van der Waals surface area contributed by atoms with Crippen molar-refractivity contribution in [2.75, 3.05) is 19.8 Å². The molecule has 0 spiro atoms. The molecule has 8 nitrogen and oxygen atoms in total. The predicted octanol–water partition coefficient (Wildman–Crippen LogP) is 2.81. The molecule has 0 fully saturated rings. The van der Waals surface area contributed by atoms with Crippen LogP contribution in [0.25, 0.3) is 0 Å². The molecule has 154 valence electrons. The maximum absolute atomic E-state index is 11.5. The lowest BCUT2D eigenvalue weighted by Crippen LogP contribution is -2.34. The van der Waals surface area contributed by atoms with Crippen molar-refractivity contribution in [2.24, 2.45) is 0 Å². The number of aliphatic carboxylic acids is 1. The first-order valence-electron chi connectivity index (χ1n) is 9.21. The van der Waals surface area contributed by atoms with Gasteiger partial charge in [0, 0.05) is 6.61 Å². The summed E-state index contributed by atoms with van der Waals surface area (Å²) in [6.45, 7) is 2.62. The molecule has 0 aromatic heterocycles. The minimum Gasteiger partial charge on any atom is -0.481 e. The van der Waals surface area contributed by atoms with Gasteiger partial charge in [0.1, 0.15) is 6.61 Å². The van der Waals surface area contributed by atoms with Gasteiger partial charge in [-0.1, -0.05) is 58.3 Å². The molecular formula is C17H32O8S. The summed E-state index contributed by atoms with van der Waals surface area (Å²) in [6.07, 6.45) is 9.73. The van der Waals surface area contributed by atoms with E-state index < -0.39 is 33.7 Å². The van der Waals surface area contributed by atoms with E-state index in [1.165, 1.54) is 38.5 Å². The van der Waals surface area contributed by atoms with Gasteiger partial charge in [-0.15, -0.1) is 0 Å². The monoisotopic (exact) mass is 396 g/mol. The van der Waals surface area contributed by atoms with Crippen molar-refractivity contribution >= 4 is 22.1 Å². The highest BCUT2D eigenvalue weighted by atomic mass is 32.2. The second-order valence-electron chi connectivity index (χ2n) is 6.21. The summed E-state index contributed by atoms with van der Waals surface area (Å²) in [7, 11) is -4.82. The van der Waals surface area contributed by atoms with Gasteiger partial charge in [0.15, 0.2) is 5.25 Å². The van der Waals surface area contributed by atoms with E-state index in [9.17, 15) is 18.0 Å². The van der Waals surface area contributed by atoms with Gasteiger partial charge in [0.2, 0.25) is 0 Å². The Morgan fingerprint density at radius 1 is 0.885 bits per heavy atom. The second kappa shape index (κ2) is 14.9. The standard InChI is InChI=1S/C17H32O8S/c1-2-3-4-5-6-7-8-9-10-11-24-12-13-25-17(20)15(14-16(18)19)26(21,22)23/h15H,2-14H2,1H3,(H,18,19)(H,21,22,23). The van der Waals surface area contributed by atoms with E-state index in [1.807, 2.05) is 0 Å². The number of rotatable bonds is 17. The lowest BCUT2D eigenvalue weighted by atomic mass is 10.1. The van der Waals surface area contributed by atoms with Crippen LogP contribution < -0.4 is 0 Å². The Hall–Kier alpha value is -1.19. The topological polar surface area (TPSA) is 127 Å². The van der Waals surface area contributed by atoms with Gasteiger partial charge in [-0.05, 0) is 6.42 Å². The number of esters is 1. The number of hydrogen-bond acceptors (Lipinski definition) is 6. The zero-order valence-corrected chi connectivity index (χ0v) is 16.3. The molecule has 0 heterocycles. The molecule has 0 amide bonds. The number of carbonyl (C=O) groups excluding carboxylic acids is 1. The summed E-state index contributed by atoms with van der Waals surface area (Å²) < 4.78 is 40.8. The van der Waals surface area contributed by atoms with Gasteiger partial charge in [-0.3, -0.25) is 14.1 Å². The van der Waals surface area contributed by atoms with Crippen molar-refractivity contribution < 1.29 is 37.1 Å². The lowest BCUT2D eigenvalue weighted by molar-refractivity contribution is -0.148. The van der Waals surface area contributed by atoms with Crippen LogP contribution >= 0.6 is 0 Å². The maximum atomic E-state index is 11.5. The van der Waals surface area contributed by atoms with Crippen molar-refractivity contribution in [1.29, 1.82) is 0 Å². The van der Waals surface area contributed by atoms with E-state index in [0.717, 1.165) is 19.3 Å². The van der Waals surface area contributed by atoms with Gasteiger partial charge < -0.3 is 14.6 Å². The van der Waals surface area contributed by atoms with Crippen LogP contribution in [0.2, 0.25) is 0 Å². The first-order valence-corrected chi connectivity index (χ1v) is 10.7. The Labute approximate surface area is 156 Å². The van der Waals surface area contributed by atoms with E-state index in [1.54, 1.807) is 0 Å². The fourth-order valence-electron chi connectivity index (χ4n) is 2.38. The van der Waals surface area contributed by atoms with Gasteiger partial charge in [-0.25, -0.2) is 0 Å². The normalized spacial score (nSPS) is 12.7. The number of carboxylic acid groups (broad SMARTS) is 1. The van der Waals surface area contributed by atoms with Crippen LogP contribution in [-0.4, -0.2) is 55.1 Å². The minimum absolute atomic E-state index is 0.0913. The molecule has 0 aliphatic rings. The average molecular weight is 397 g/mol. The van der Waals surface area contributed by atoms with E-state index >= 15 is 0 Å². The Balaban J connectivity index is 3.64. The summed E-state index contributed by atoms with van der Waals surface area (Å²) in [5.41, 5.74) is 0. The highest BCUT2D eigenvalue weighted by Gasteiger charge is 2.34. The molecule has 1 atom stereocenters. The summed E-state index contributed by atoms with van der Waals surface area (Å²) in [6, 6.07) is 0. The summed E-state index contributed by atoms with van der Waals surface area (Å²) in [5, 5.41) is 6.46. The lowest BCUT2D eigenvalue weighted by Gasteiger charge is -2.11. The largest absolute Gasteiger partial charge is 0.481 e. The maximum Gasteiger partial charge on any atom is 0.327 e. The third-order valence-electron chi connectivity index (χ3n) is 3.85. The molecule has 26 heavy (non-hydrogen) atoms.